The molecule has 6 rings (SSSR count). The van der Waals surface area contributed by atoms with Crippen LogP contribution in [0, 0.1) is 0 Å². The van der Waals surface area contributed by atoms with Gasteiger partial charge in [-0.1, -0.05) is 84.9 Å². The van der Waals surface area contributed by atoms with Crippen molar-refractivity contribution in [1.82, 2.24) is 9.80 Å². The van der Waals surface area contributed by atoms with Crippen molar-refractivity contribution < 1.29 is 28.7 Å². The molecule has 1 saturated heterocycles. The summed E-state index contributed by atoms with van der Waals surface area (Å²) >= 11 is 0. The fourth-order valence-electron chi connectivity index (χ4n) is 6.31. The minimum absolute atomic E-state index is 0.0384. The Morgan fingerprint density at radius 1 is 0.756 bits per heavy atom. The van der Waals surface area contributed by atoms with Crippen LogP contribution in [0.5, 0.6) is 0 Å². The standard InChI is InChI=1S/C36H33N2O6P/c1-37(28-18-20-38(21-19-28)35(40)25-11-3-2-4-12-25)36(41)32-23-27-14-6-5-13-26(27)22-31(32)33(39)34(45(42,43)44)30-17-9-15-24-10-7-8-16-29(24)30/h2-17,22-23,28,34H,18-21H2,1H3,(H2,42,43,44)/t34-/m0/s1. The number of carbonyl (C=O) groups is 3. The Bertz CT molecular complexity index is 1960. The minimum atomic E-state index is -5.04. The van der Waals surface area contributed by atoms with E-state index < -0.39 is 24.9 Å². The second-order valence-corrected chi connectivity index (χ2v) is 13.2. The number of hydrogen-bond donors (Lipinski definition) is 2. The zero-order valence-corrected chi connectivity index (χ0v) is 25.6. The van der Waals surface area contributed by atoms with Crippen LogP contribution < -0.4 is 0 Å². The predicted molar refractivity (Wildman–Crippen MR) is 174 cm³/mol. The molecule has 2 amide bonds. The molecule has 0 spiro atoms. The third-order valence-corrected chi connectivity index (χ3v) is 9.91. The number of carbonyl (C=O) groups excluding carboxylic acids is 3. The van der Waals surface area contributed by atoms with Gasteiger partial charge in [0.05, 0.1) is 5.56 Å². The van der Waals surface area contributed by atoms with Crippen molar-refractivity contribution in [3.05, 3.63) is 131 Å². The van der Waals surface area contributed by atoms with Gasteiger partial charge in [0.25, 0.3) is 11.8 Å². The largest absolute Gasteiger partial charge is 0.340 e. The summed E-state index contributed by atoms with van der Waals surface area (Å²) in [5, 5.41) is 2.71. The quantitative estimate of drug-likeness (QED) is 0.159. The molecule has 0 aromatic heterocycles. The molecule has 0 bridgehead atoms. The van der Waals surface area contributed by atoms with Crippen molar-refractivity contribution in [2.24, 2.45) is 0 Å². The number of hydrogen-bond acceptors (Lipinski definition) is 4. The van der Waals surface area contributed by atoms with Crippen molar-refractivity contribution in [3.63, 3.8) is 0 Å². The molecule has 9 heteroatoms. The van der Waals surface area contributed by atoms with E-state index in [4.69, 9.17) is 0 Å². The van der Waals surface area contributed by atoms with E-state index in [1.54, 1.807) is 77.5 Å². The highest BCUT2D eigenvalue weighted by Crippen LogP contribution is 2.55. The first-order valence-electron chi connectivity index (χ1n) is 14.8. The molecular formula is C36H33N2O6P. The van der Waals surface area contributed by atoms with Gasteiger partial charge < -0.3 is 19.6 Å². The van der Waals surface area contributed by atoms with Crippen molar-refractivity contribution in [3.8, 4) is 0 Å². The number of piperidine rings is 1. The van der Waals surface area contributed by atoms with Gasteiger partial charge in [-0.05, 0) is 64.2 Å². The lowest BCUT2D eigenvalue weighted by atomic mass is 9.91. The van der Waals surface area contributed by atoms with Gasteiger partial charge in [-0.3, -0.25) is 18.9 Å². The number of nitrogens with zero attached hydrogens (tertiary/aromatic N) is 2. The lowest BCUT2D eigenvalue weighted by molar-refractivity contribution is 0.0567. The number of likely N-dealkylation sites (tertiary alicyclic amines) is 1. The van der Waals surface area contributed by atoms with Crippen LogP contribution in [0.3, 0.4) is 0 Å². The zero-order chi connectivity index (χ0) is 31.7. The normalized spacial score (nSPS) is 14.8. The Kier molecular flexibility index (Phi) is 8.38. The summed E-state index contributed by atoms with van der Waals surface area (Å²) in [5.74, 6) is -1.29. The molecule has 0 radical (unpaired) electrons. The molecule has 8 nitrogen and oxygen atoms in total. The van der Waals surface area contributed by atoms with Crippen LogP contribution in [0.2, 0.25) is 0 Å². The van der Waals surface area contributed by atoms with E-state index in [9.17, 15) is 28.7 Å². The SMILES string of the molecule is CN(C(=O)c1cc2ccccc2cc1C(=O)[C@H](c1cccc2ccccc12)P(=O)(O)O)C1CCN(C(=O)c2ccccc2)CC1. The number of rotatable bonds is 7. The molecule has 0 unspecified atom stereocenters. The zero-order valence-electron chi connectivity index (χ0n) is 24.7. The van der Waals surface area contributed by atoms with Crippen LogP contribution in [0.15, 0.2) is 109 Å². The van der Waals surface area contributed by atoms with Gasteiger partial charge >= 0.3 is 7.60 Å². The Balaban J connectivity index is 1.34. The number of fused-ring (bicyclic) bond motifs is 2. The minimum Gasteiger partial charge on any atom is -0.339 e. The first-order valence-corrected chi connectivity index (χ1v) is 16.5. The van der Waals surface area contributed by atoms with Gasteiger partial charge in [0.15, 0.2) is 5.78 Å². The average molecular weight is 621 g/mol. The van der Waals surface area contributed by atoms with Gasteiger partial charge in [0.1, 0.15) is 5.66 Å². The van der Waals surface area contributed by atoms with E-state index in [1.165, 1.54) is 0 Å². The Morgan fingerprint density at radius 3 is 1.96 bits per heavy atom. The lowest BCUT2D eigenvalue weighted by Gasteiger charge is -2.37. The molecule has 5 aromatic rings. The van der Waals surface area contributed by atoms with Crippen molar-refractivity contribution in [2.45, 2.75) is 24.5 Å². The van der Waals surface area contributed by atoms with Crippen molar-refractivity contribution >= 4 is 46.7 Å². The number of amides is 2. The van der Waals surface area contributed by atoms with E-state index in [0.717, 1.165) is 10.8 Å². The molecule has 45 heavy (non-hydrogen) atoms. The molecule has 1 aliphatic heterocycles. The van der Waals surface area contributed by atoms with Gasteiger partial charge in [0.2, 0.25) is 0 Å². The third kappa shape index (κ3) is 6.05. The smallest absolute Gasteiger partial charge is 0.339 e. The Morgan fingerprint density at radius 2 is 1.31 bits per heavy atom. The topological polar surface area (TPSA) is 115 Å². The molecule has 1 fully saturated rings. The summed E-state index contributed by atoms with van der Waals surface area (Å²) in [4.78, 5) is 66.0. The van der Waals surface area contributed by atoms with E-state index in [-0.39, 0.29) is 28.6 Å². The first kappa shape index (κ1) is 30.4. The first-order chi connectivity index (χ1) is 21.6. The maximum Gasteiger partial charge on any atom is 0.340 e. The average Bonchev–Trinajstić information content (AvgIpc) is 3.06. The molecule has 2 N–H and O–H groups in total. The third-order valence-electron chi connectivity index (χ3n) is 8.72. The highest BCUT2D eigenvalue weighted by molar-refractivity contribution is 7.53. The molecule has 0 saturated carbocycles. The van der Waals surface area contributed by atoms with Crippen LogP contribution >= 0.6 is 7.60 Å². The molecule has 1 heterocycles. The lowest BCUT2D eigenvalue weighted by Crippen LogP contribution is -2.47. The summed E-state index contributed by atoms with van der Waals surface area (Å²) in [6.07, 6.45) is 1.11. The highest BCUT2D eigenvalue weighted by Gasteiger charge is 2.40. The molecule has 1 aliphatic rings. The summed E-state index contributed by atoms with van der Waals surface area (Å²) in [7, 11) is -3.36. The van der Waals surface area contributed by atoms with Gasteiger partial charge in [-0.2, -0.15) is 0 Å². The summed E-state index contributed by atoms with van der Waals surface area (Å²) in [6, 6.07) is 31.5. The summed E-state index contributed by atoms with van der Waals surface area (Å²) in [5.41, 5.74) is -0.924. The monoisotopic (exact) mass is 620 g/mol. The van der Waals surface area contributed by atoms with Crippen LogP contribution in [-0.4, -0.2) is 63.4 Å². The van der Waals surface area contributed by atoms with E-state index in [0.29, 0.717) is 42.3 Å². The number of Topliss-reactive ketones (excluding diaryl/α,β-unsaturated/α-hetero) is 1. The van der Waals surface area contributed by atoms with Crippen molar-refractivity contribution in [1.29, 1.82) is 0 Å². The molecule has 228 valence electrons. The van der Waals surface area contributed by atoms with Gasteiger partial charge in [-0.25, -0.2) is 0 Å². The fourth-order valence-corrected chi connectivity index (χ4v) is 7.34. The van der Waals surface area contributed by atoms with Crippen LogP contribution in [0.25, 0.3) is 21.5 Å². The maximum atomic E-state index is 14.3. The van der Waals surface area contributed by atoms with E-state index in [2.05, 4.69) is 0 Å². The van der Waals surface area contributed by atoms with Crippen molar-refractivity contribution in [2.75, 3.05) is 20.1 Å². The van der Waals surface area contributed by atoms with Crippen LogP contribution in [0.1, 0.15) is 55.1 Å². The van der Waals surface area contributed by atoms with E-state index in [1.807, 2.05) is 48.5 Å². The number of benzene rings is 5. The van der Waals surface area contributed by atoms with Gasteiger partial charge in [-0.15, -0.1) is 0 Å². The van der Waals surface area contributed by atoms with E-state index >= 15 is 0 Å². The maximum absolute atomic E-state index is 14.3. The second kappa shape index (κ2) is 12.4. The molecule has 5 aromatic carbocycles. The molecule has 0 aliphatic carbocycles. The summed E-state index contributed by atoms with van der Waals surface area (Å²) in [6.45, 7) is 0.946. The Labute approximate surface area is 261 Å². The predicted octanol–water partition coefficient (Wildman–Crippen LogP) is 6.47. The number of ketones is 1. The Hall–Kier alpha value is -4.62. The molecule has 1 atom stereocenters. The summed E-state index contributed by atoms with van der Waals surface area (Å²) < 4.78 is 13.1. The van der Waals surface area contributed by atoms with Gasteiger partial charge in [0, 0.05) is 37.3 Å². The second-order valence-electron chi connectivity index (χ2n) is 11.5. The highest BCUT2D eigenvalue weighted by atomic mass is 31.2. The van der Waals surface area contributed by atoms with Crippen LogP contribution in [0.4, 0.5) is 0 Å². The molecular weight excluding hydrogens is 587 g/mol. The fraction of sp³-hybridized carbons (Fsp3) is 0.194. The van der Waals surface area contributed by atoms with Crippen LogP contribution in [-0.2, 0) is 4.57 Å².